The summed E-state index contributed by atoms with van der Waals surface area (Å²) >= 11 is 3.47. The first-order valence-electron chi connectivity index (χ1n) is 6.02. The molecule has 1 aliphatic rings. The number of pyridine rings is 1. The Bertz CT molecular complexity index is 383. The van der Waals surface area contributed by atoms with E-state index in [2.05, 4.69) is 38.2 Å². The fourth-order valence-electron chi connectivity index (χ4n) is 2.20. The highest BCUT2D eigenvalue weighted by Crippen LogP contribution is 2.22. The van der Waals surface area contributed by atoms with Crippen LogP contribution in [0, 0.1) is 0 Å². The lowest BCUT2D eigenvalue weighted by Gasteiger charge is -2.32. The molecule has 1 aliphatic heterocycles. The lowest BCUT2D eigenvalue weighted by Crippen LogP contribution is -2.40. The minimum absolute atomic E-state index is 0.606. The second-order valence-corrected chi connectivity index (χ2v) is 5.46. The number of rotatable bonds is 3. The Balaban J connectivity index is 1.92. The molecule has 1 unspecified atom stereocenters. The molecule has 0 aliphatic carbocycles. The third-order valence-corrected chi connectivity index (χ3v) is 3.89. The van der Waals surface area contributed by atoms with E-state index in [1.807, 2.05) is 6.07 Å². The molecule has 3 N–H and O–H groups in total. The average Bonchev–Trinajstić information content (AvgIpc) is 2.30. The molecule has 0 bridgehead atoms. The molecule has 0 amide bonds. The smallest absolute Gasteiger partial charge is 0.140 e. The van der Waals surface area contributed by atoms with Gasteiger partial charge in [-0.2, -0.15) is 0 Å². The molecule has 2 heterocycles. The van der Waals surface area contributed by atoms with Gasteiger partial charge in [0.2, 0.25) is 0 Å². The zero-order valence-corrected chi connectivity index (χ0v) is 11.7. The van der Waals surface area contributed by atoms with Gasteiger partial charge in [0.25, 0.3) is 0 Å². The maximum absolute atomic E-state index is 5.66. The Kier molecular flexibility index (Phi) is 4.23. The molecule has 94 valence electrons. The van der Waals surface area contributed by atoms with E-state index in [4.69, 9.17) is 5.73 Å². The molecule has 1 aromatic rings. The maximum Gasteiger partial charge on any atom is 0.140 e. The van der Waals surface area contributed by atoms with E-state index >= 15 is 0 Å². The summed E-state index contributed by atoms with van der Waals surface area (Å²) in [6.45, 7) is 2.13. The number of halogens is 1. The van der Waals surface area contributed by atoms with Gasteiger partial charge in [-0.3, -0.25) is 0 Å². The topological polar surface area (TPSA) is 54.2 Å². The van der Waals surface area contributed by atoms with Crippen molar-refractivity contribution in [3.05, 3.63) is 16.7 Å². The number of anilines is 2. The van der Waals surface area contributed by atoms with Crippen LogP contribution in [0.5, 0.6) is 0 Å². The van der Waals surface area contributed by atoms with Crippen LogP contribution in [0.4, 0.5) is 11.5 Å². The Morgan fingerprint density at radius 3 is 3.12 bits per heavy atom. The molecule has 0 aromatic carbocycles. The third-order valence-electron chi connectivity index (χ3n) is 3.29. The minimum Gasteiger partial charge on any atom is -0.397 e. The van der Waals surface area contributed by atoms with Crippen LogP contribution in [0.1, 0.15) is 19.3 Å². The van der Waals surface area contributed by atoms with Crippen molar-refractivity contribution in [2.75, 3.05) is 31.2 Å². The molecule has 0 saturated carbocycles. The highest BCUT2D eigenvalue weighted by atomic mass is 79.9. The highest BCUT2D eigenvalue weighted by molar-refractivity contribution is 9.10. The number of hydrogen-bond acceptors (Lipinski definition) is 4. The van der Waals surface area contributed by atoms with Gasteiger partial charge >= 0.3 is 0 Å². The number of likely N-dealkylation sites (tertiary alicyclic amines) is 1. The van der Waals surface area contributed by atoms with Crippen molar-refractivity contribution in [1.29, 1.82) is 0 Å². The molecular formula is C12H19BrN4. The number of nitrogen functional groups attached to an aromatic ring is 1. The monoisotopic (exact) mass is 298 g/mol. The summed E-state index contributed by atoms with van der Waals surface area (Å²) in [5.41, 5.74) is 6.34. The number of nitrogens with zero attached hydrogens (tertiary/aromatic N) is 2. The van der Waals surface area contributed by atoms with Gasteiger partial charge in [-0.15, -0.1) is 0 Å². The summed E-state index contributed by atoms with van der Waals surface area (Å²) in [7, 11) is 2.19. The molecule has 0 spiro atoms. The number of aromatic nitrogens is 1. The fraction of sp³-hybridized carbons (Fsp3) is 0.583. The number of hydrogen-bond donors (Lipinski definition) is 2. The number of piperidine rings is 1. The van der Waals surface area contributed by atoms with E-state index in [9.17, 15) is 0 Å². The van der Waals surface area contributed by atoms with Crippen LogP contribution in [0.3, 0.4) is 0 Å². The SMILES string of the molecule is CN1CCCCC1CNc1ncc(N)cc1Br. The van der Waals surface area contributed by atoms with Crippen molar-refractivity contribution in [1.82, 2.24) is 9.88 Å². The van der Waals surface area contributed by atoms with E-state index in [0.717, 1.165) is 16.8 Å². The van der Waals surface area contributed by atoms with E-state index in [0.29, 0.717) is 11.7 Å². The van der Waals surface area contributed by atoms with Crippen LogP contribution in [-0.2, 0) is 0 Å². The van der Waals surface area contributed by atoms with Crippen LogP contribution in [0.15, 0.2) is 16.7 Å². The van der Waals surface area contributed by atoms with Crippen molar-refractivity contribution < 1.29 is 0 Å². The van der Waals surface area contributed by atoms with Gasteiger partial charge in [0, 0.05) is 12.6 Å². The Morgan fingerprint density at radius 1 is 1.59 bits per heavy atom. The van der Waals surface area contributed by atoms with Crippen molar-refractivity contribution >= 4 is 27.4 Å². The largest absolute Gasteiger partial charge is 0.397 e. The second-order valence-electron chi connectivity index (χ2n) is 4.61. The number of nitrogens with two attached hydrogens (primary N) is 1. The quantitative estimate of drug-likeness (QED) is 0.899. The van der Waals surface area contributed by atoms with Crippen LogP contribution in [-0.4, -0.2) is 36.1 Å². The van der Waals surface area contributed by atoms with Crippen LogP contribution in [0.2, 0.25) is 0 Å². The van der Waals surface area contributed by atoms with Crippen LogP contribution < -0.4 is 11.1 Å². The molecular weight excluding hydrogens is 280 g/mol. The zero-order chi connectivity index (χ0) is 12.3. The molecule has 4 nitrogen and oxygen atoms in total. The molecule has 1 saturated heterocycles. The second kappa shape index (κ2) is 5.69. The predicted molar refractivity (Wildman–Crippen MR) is 75.1 cm³/mol. The number of likely N-dealkylation sites (N-methyl/N-ethyl adjacent to an activating group) is 1. The molecule has 5 heteroatoms. The Labute approximate surface area is 111 Å². The van der Waals surface area contributed by atoms with E-state index in [1.165, 1.54) is 25.8 Å². The summed E-state index contributed by atoms with van der Waals surface area (Å²) in [6.07, 6.45) is 5.58. The van der Waals surface area contributed by atoms with Gasteiger partial charge in [0.15, 0.2) is 0 Å². The van der Waals surface area contributed by atoms with Crippen molar-refractivity contribution in [2.24, 2.45) is 0 Å². The lowest BCUT2D eigenvalue weighted by atomic mass is 10.0. The first-order valence-corrected chi connectivity index (χ1v) is 6.81. The molecule has 1 atom stereocenters. The molecule has 1 fully saturated rings. The van der Waals surface area contributed by atoms with Crippen molar-refractivity contribution in [3.63, 3.8) is 0 Å². The van der Waals surface area contributed by atoms with E-state index < -0.39 is 0 Å². The zero-order valence-electron chi connectivity index (χ0n) is 10.1. The summed E-state index contributed by atoms with van der Waals surface area (Å²) in [6, 6.07) is 2.48. The standard InChI is InChI=1S/C12H19BrN4/c1-17-5-3-2-4-10(17)8-16-12-11(13)6-9(14)7-15-12/h6-7,10H,2-5,8,14H2,1H3,(H,15,16). The van der Waals surface area contributed by atoms with Gasteiger partial charge in [-0.25, -0.2) is 4.98 Å². The van der Waals surface area contributed by atoms with Gasteiger partial charge in [-0.1, -0.05) is 6.42 Å². The third kappa shape index (κ3) is 3.33. The first-order chi connectivity index (χ1) is 8.16. The lowest BCUT2D eigenvalue weighted by molar-refractivity contribution is 0.194. The van der Waals surface area contributed by atoms with Gasteiger partial charge in [-0.05, 0) is 48.4 Å². The van der Waals surface area contributed by atoms with Crippen LogP contribution >= 0.6 is 15.9 Å². The molecule has 2 rings (SSSR count). The fourth-order valence-corrected chi connectivity index (χ4v) is 2.71. The minimum atomic E-state index is 0.606. The average molecular weight is 299 g/mol. The van der Waals surface area contributed by atoms with E-state index in [-0.39, 0.29) is 0 Å². The Hall–Kier alpha value is -0.810. The number of nitrogens with one attached hydrogen (secondary N) is 1. The summed E-state index contributed by atoms with van der Waals surface area (Å²) in [4.78, 5) is 6.70. The summed E-state index contributed by atoms with van der Waals surface area (Å²) < 4.78 is 0.927. The normalized spacial score (nSPS) is 21.4. The van der Waals surface area contributed by atoms with E-state index in [1.54, 1.807) is 6.20 Å². The molecule has 1 aromatic heterocycles. The van der Waals surface area contributed by atoms with Gasteiger partial charge < -0.3 is 16.0 Å². The maximum atomic E-state index is 5.66. The van der Waals surface area contributed by atoms with Crippen LogP contribution in [0.25, 0.3) is 0 Å². The first kappa shape index (κ1) is 12.6. The Morgan fingerprint density at radius 2 is 2.41 bits per heavy atom. The summed E-state index contributed by atoms with van der Waals surface area (Å²) in [5.74, 6) is 0.873. The summed E-state index contributed by atoms with van der Waals surface area (Å²) in [5, 5.41) is 3.39. The van der Waals surface area contributed by atoms with Gasteiger partial charge in [0.05, 0.1) is 16.4 Å². The highest BCUT2D eigenvalue weighted by Gasteiger charge is 2.18. The molecule has 0 radical (unpaired) electrons. The van der Waals surface area contributed by atoms with Gasteiger partial charge in [0.1, 0.15) is 5.82 Å². The molecule has 17 heavy (non-hydrogen) atoms. The van der Waals surface area contributed by atoms with Crippen molar-refractivity contribution in [3.8, 4) is 0 Å². The predicted octanol–water partition coefficient (Wildman–Crippen LogP) is 2.32. The van der Waals surface area contributed by atoms with Crippen molar-refractivity contribution in [2.45, 2.75) is 25.3 Å².